The third-order valence-corrected chi connectivity index (χ3v) is 5.94. The predicted octanol–water partition coefficient (Wildman–Crippen LogP) is 5.69. The first-order valence-electron chi connectivity index (χ1n) is 12.0. The number of likely N-dealkylation sites (tertiary alicyclic amines) is 1. The lowest BCUT2D eigenvalue weighted by molar-refractivity contribution is -0.00555. The van der Waals surface area contributed by atoms with Crippen LogP contribution in [0.5, 0.6) is 0 Å². The number of rotatable bonds is 7. The van der Waals surface area contributed by atoms with Gasteiger partial charge in [-0.15, -0.1) is 0 Å². The summed E-state index contributed by atoms with van der Waals surface area (Å²) >= 11 is 0. The number of carbonyl (C=O) groups excluding carboxylic acids is 2. The Morgan fingerprint density at radius 1 is 1.11 bits per heavy atom. The second kappa shape index (κ2) is 12.2. The Bertz CT molecular complexity index is 1030. The zero-order valence-electron chi connectivity index (χ0n) is 21.2. The van der Waals surface area contributed by atoms with Crippen LogP contribution in [0.3, 0.4) is 0 Å². The van der Waals surface area contributed by atoms with Crippen LogP contribution in [0, 0.1) is 11.6 Å². The monoisotopic (exact) mass is 504 g/mol. The van der Waals surface area contributed by atoms with Crippen molar-refractivity contribution in [3.05, 3.63) is 71.3 Å². The van der Waals surface area contributed by atoms with Crippen LogP contribution >= 0.6 is 0 Å². The number of nitrogens with zero attached hydrogens (tertiary/aromatic N) is 2. The number of hydrogen-bond donors (Lipinski definition) is 0. The molecule has 0 aliphatic carbocycles. The Morgan fingerprint density at radius 2 is 1.83 bits per heavy atom. The maximum atomic E-state index is 14.9. The van der Waals surface area contributed by atoms with Crippen LogP contribution in [0.2, 0.25) is 0 Å². The SMILES string of the molecule is COCCN(C(=O)OC(C)(C)C)[C@H]1CCN(C(=O)OCc2ccccc2)[C@@H](c2cc(F)ccc2F)C1. The van der Waals surface area contributed by atoms with Gasteiger partial charge in [0.05, 0.1) is 12.6 Å². The zero-order valence-corrected chi connectivity index (χ0v) is 21.2. The molecule has 0 N–H and O–H groups in total. The van der Waals surface area contributed by atoms with Crippen LogP contribution in [-0.4, -0.2) is 60.4 Å². The van der Waals surface area contributed by atoms with Gasteiger partial charge in [0.15, 0.2) is 0 Å². The summed E-state index contributed by atoms with van der Waals surface area (Å²) in [7, 11) is 1.53. The fourth-order valence-electron chi connectivity index (χ4n) is 4.25. The normalized spacial score (nSPS) is 18.0. The van der Waals surface area contributed by atoms with Crippen molar-refractivity contribution in [2.75, 3.05) is 26.8 Å². The van der Waals surface area contributed by atoms with E-state index in [0.29, 0.717) is 6.42 Å². The predicted molar refractivity (Wildman–Crippen MR) is 130 cm³/mol. The number of halogens is 2. The van der Waals surface area contributed by atoms with Crippen LogP contribution in [0.1, 0.15) is 50.8 Å². The topological polar surface area (TPSA) is 68.3 Å². The average Bonchev–Trinajstić information content (AvgIpc) is 2.83. The highest BCUT2D eigenvalue weighted by Crippen LogP contribution is 2.36. The van der Waals surface area contributed by atoms with Gasteiger partial charge in [0.1, 0.15) is 23.8 Å². The van der Waals surface area contributed by atoms with Crippen molar-refractivity contribution >= 4 is 12.2 Å². The molecular weight excluding hydrogens is 470 g/mol. The molecule has 2 amide bonds. The Balaban J connectivity index is 1.86. The van der Waals surface area contributed by atoms with Gasteiger partial charge in [-0.1, -0.05) is 30.3 Å². The van der Waals surface area contributed by atoms with E-state index in [1.165, 1.54) is 12.0 Å². The molecule has 3 rings (SSSR count). The van der Waals surface area contributed by atoms with Crippen LogP contribution in [-0.2, 0) is 20.8 Å². The van der Waals surface area contributed by atoms with E-state index in [1.54, 1.807) is 25.7 Å². The molecule has 9 heteroatoms. The Labute approximate surface area is 210 Å². The molecule has 2 atom stereocenters. The lowest BCUT2D eigenvalue weighted by Crippen LogP contribution is -2.52. The quantitative estimate of drug-likeness (QED) is 0.485. The van der Waals surface area contributed by atoms with Gasteiger partial charge >= 0.3 is 12.2 Å². The van der Waals surface area contributed by atoms with Crippen LogP contribution in [0.4, 0.5) is 18.4 Å². The van der Waals surface area contributed by atoms with Crippen molar-refractivity contribution in [3.8, 4) is 0 Å². The number of hydrogen-bond acceptors (Lipinski definition) is 5. The minimum absolute atomic E-state index is 0.0345. The van der Waals surface area contributed by atoms with E-state index >= 15 is 0 Å². The molecule has 1 fully saturated rings. The van der Waals surface area contributed by atoms with E-state index in [1.807, 2.05) is 30.3 Å². The minimum atomic E-state index is -0.838. The molecule has 1 heterocycles. The van der Waals surface area contributed by atoms with Crippen molar-refractivity contribution in [3.63, 3.8) is 0 Å². The van der Waals surface area contributed by atoms with E-state index in [2.05, 4.69) is 0 Å². The number of benzene rings is 2. The van der Waals surface area contributed by atoms with E-state index in [0.717, 1.165) is 23.8 Å². The van der Waals surface area contributed by atoms with E-state index in [9.17, 15) is 18.4 Å². The summed E-state index contributed by atoms with van der Waals surface area (Å²) in [5, 5.41) is 0. The van der Waals surface area contributed by atoms with Gasteiger partial charge in [0, 0.05) is 31.8 Å². The van der Waals surface area contributed by atoms with Crippen molar-refractivity contribution in [2.24, 2.45) is 0 Å². The highest BCUT2D eigenvalue weighted by atomic mass is 19.1. The van der Waals surface area contributed by atoms with Gasteiger partial charge in [-0.05, 0) is 57.4 Å². The molecule has 0 unspecified atom stereocenters. The number of piperidine rings is 1. The molecule has 0 saturated carbocycles. The average molecular weight is 505 g/mol. The van der Waals surface area contributed by atoms with E-state index in [-0.39, 0.29) is 44.3 Å². The minimum Gasteiger partial charge on any atom is -0.445 e. The smallest absolute Gasteiger partial charge is 0.410 e. The van der Waals surface area contributed by atoms with Gasteiger partial charge in [-0.2, -0.15) is 0 Å². The molecule has 1 aliphatic rings. The fourth-order valence-corrected chi connectivity index (χ4v) is 4.25. The summed E-state index contributed by atoms with van der Waals surface area (Å²) in [5.74, 6) is -1.25. The van der Waals surface area contributed by atoms with Crippen LogP contribution in [0.25, 0.3) is 0 Å². The van der Waals surface area contributed by atoms with Gasteiger partial charge in [0.25, 0.3) is 0 Å². The molecule has 0 spiro atoms. The lowest BCUT2D eigenvalue weighted by Gasteiger charge is -2.43. The molecule has 1 aliphatic heterocycles. The standard InChI is InChI=1S/C27H34F2N2O5/c1-27(2,3)36-26(33)30(14-15-34-4)21-12-13-31(25(32)35-18-19-8-6-5-7-9-19)24(17-21)22-16-20(28)10-11-23(22)29/h5-11,16,21,24H,12-15,17-18H2,1-4H3/t21-,24+/m0/s1. The second-order valence-electron chi connectivity index (χ2n) is 9.76. The van der Waals surface area contributed by atoms with Gasteiger partial charge in [-0.25, -0.2) is 18.4 Å². The molecule has 7 nitrogen and oxygen atoms in total. The van der Waals surface area contributed by atoms with Crippen molar-refractivity contribution in [2.45, 2.75) is 57.9 Å². The highest BCUT2D eigenvalue weighted by molar-refractivity contribution is 5.70. The molecule has 2 aromatic carbocycles. The Morgan fingerprint density at radius 3 is 2.50 bits per heavy atom. The maximum absolute atomic E-state index is 14.9. The van der Waals surface area contributed by atoms with Gasteiger partial charge < -0.3 is 24.0 Å². The first-order chi connectivity index (χ1) is 17.1. The molecule has 36 heavy (non-hydrogen) atoms. The summed E-state index contributed by atoms with van der Waals surface area (Å²) < 4.78 is 45.3. The summed E-state index contributed by atoms with van der Waals surface area (Å²) in [5.41, 5.74) is 0.135. The first-order valence-corrected chi connectivity index (χ1v) is 12.0. The summed E-state index contributed by atoms with van der Waals surface area (Å²) in [6.45, 7) is 6.09. The number of methoxy groups -OCH3 is 1. The van der Waals surface area contributed by atoms with Crippen molar-refractivity contribution in [1.29, 1.82) is 0 Å². The second-order valence-corrected chi connectivity index (χ2v) is 9.76. The molecule has 2 aromatic rings. The lowest BCUT2D eigenvalue weighted by atomic mass is 9.90. The summed E-state index contributed by atoms with van der Waals surface area (Å²) in [6, 6.07) is 11.1. The number of amides is 2. The summed E-state index contributed by atoms with van der Waals surface area (Å²) in [6.07, 6.45) is -0.560. The number of ether oxygens (including phenoxy) is 3. The fraction of sp³-hybridized carbons (Fsp3) is 0.481. The molecular formula is C27H34F2N2O5. The molecule has 0 radical (unpaired) electrons. The third-order valence-electron chi connectivity index (χ3n) is 5.94. The third kappa shape index (κ3) is 7.40. The first kappa shape index (κ1) is 27.4. The van der Waals surface area contributed by atoms with Crippen molar-refractivity contribution in [1.82, 2.24) is 9.80 Å². The van der Waals surface area contributed by atoms with Gasteiger partial charge in [-0.3, -0.25) is 0 Å². The highest BCUT2D eigenvalue weighted by Gasteiger charge is 2.39. The van der Waals surface area contributed by atoms with Gasteiger partial charge in [0.2, 0.25) is 0 Å². The largest absolute Gasteiger partial charge is 0.445 e. The van der Waals surface area contributed by atoms with Crippen LogP contribution in [0.15, 0.2) is 48.5 Å². The zero-order chi connectivity index (χ0) is 26.3. The van der Waals surface area contributed by atoms with Crippen LogP contribution < -0.4 is 0 Å². The molecule has 1 saturated heterocycles. The molecule has 196 valence electrons. The molecule has 0 bridgehead atoms. The molecule has 0 aromatic heterocycles. The summed E-state index contributed by atoms with van der Waals surface area (Å²) in [4.78, 5) is 29.0. The van der Waals surface area contributed by atoms with Crippen molar-refractivity contribution < 1.29 is 32.6 Å². The van der Waals surface area contributed by atoms with E-state index < -0.39 is 35.5 Å². The van der Waals surface area contributed by atoms with E-state index in [4.69, 9.17) is 14.2 Å². The number of carbonyl (C=O) groups is 2. The maximum Gasteiger partial charge on any atom is 0.410 e. The Hall–Kier alpha value is -3.20. The Kier molecular flexibility index (Phi) is 9.25.